The van der Waals surface area contributed by atoms with Crippen LogP contribution in [0.15, 0.2) is 46.9 Å². The zero-order chi connectivity index (χ0) is 22.1. The van der Waals surface area contributed by atoms with Crippen LogP contribution in [0, 0.1) is 0 Å². The molecule has 0 aliphatic heterocycles. The number of nitrogens with zero attached hydrogens (tertiary/aromatic N) is 2. The molecule has 0 spiro atoms. The van der Waals surface area contributed by atoms with Gasteiger partial charge in [0.05, 0.1) is 11.4 Å². The summed E-state index contributed by atoms with van der Waals surface area (Å²) < 4.78 is 0.935. The predicted octanol–water partition coefficient (Wildman–Crippen LogP) is 6.68. The van der Waals surface area contributed by atoms with Crippen molar-refractivity contribution in [2.45, 2.75) is 52.6 Å². The van der Waals surface area contributed by atoms with Crippen LogP contribution in [0.5, 0.6) is 0 Å². The molecule has 2 aromatic rings. The van der Waals surface area contributed by atoms with Gasteiger partial charge in [-0.15, -0.1) is 0 Å². The minimum atomic E-state index is -1.15. The lowest BCUT2D eigenvalue weighted by Gasteiger charge is -2.39. The van der Waals surface area contributed by atoms with Crippen LogP contribution in [0.1, 0.15) is 41.5 Å². The minimum Gasteiger partial charge on any atom is -0.465 e. The van der Waals surface area contributed by atoms with Crippen LogP contribution in [-0.4, -0.2) is 33.5 Å². The first kappa shape index (κ1) is 22.7. The molecule has 2 amide bonds. The van der Waals surface area contributed by atoms with E-state index in [1.807, 2.05) is 30.3 Å². The summed E-state index contributed by atoms with van der Waals surface area (Å²) in [6.07, 6.45) is -2.29. The average molecular weight is 463 g/mol. The molecule has 0 saturated carbocycles. The number of anilines is 2. The molecule has 2 N–H and O–H groups in total. The van der Waals surface area contributed by atoms with Crippen molar-refractivity contribution in [1.82, 2.24) is 0 Å². The summed E-state index contributed by atoms with van der Waals surface area (Å²) in [5.41, 5.74) is 0.803. The monoisotopic (exact) mass is 462 g/mol. The lowest BCUT2D eigenvalue weighted by Crippen LogP contribution is -2.49. The molecule has 0 aromatic heterocycles. The topological polar surface area (TPSA) is 81.1 Å². The maximum atomic E-state index is 12.2. The molecule has 156 valence electrons. The summed E-state index contributed by atoms with van der Waals surface area (Å²) in [6, 6.07) is 12.9. The van der Waals surface area contributed by atoms with Gasteiger partial charge in [0.25, 0.3) is 0 Å². The normalized spacial score (nSPS) is 11.8. The second-order valence-electron chi connectivity index (χ2n) is 8.79. The molecular formula is C22H27BrN2O4. The van der Waals surface area contributed by atoms with Crippen molar-refractivity contribution in [3.05, 3.63) is 46.9 Å². The second kappa shape index (κ2) is 8.06. The SMILES string of the molecule is CC(C)(C)N(C(=O)O)c1ccc(-c2ccc(Br)cc2)cc1N(C(=O)O)C(C)(C)C. The van der Waals surface area contributed by atoms with Gasteiger partial charge >= 0.3 is 12.2 Å². The van der Waals surface area contributed by atoms with Gasteiger partial charge in [0, 0.05) is 15.6 Å². The van der Waals surface area contributed by atoms with Crippen molar-refractivity contribution in [2.75, 3.05) is 9.80 Å². The van der Waals surface area contributed by atoms with Crippen molar-refractivity contribution in [3.8, 4) is 11.1 Å². The fraction of sp³-hybridized carbons (Fsp3) is 0.364. The van der Waals surface area contributed by atoms with Gasteiger partial charge in [-0.3, -0.25) is 9.80 Å². The highest BCUT2D eigenvalue weighted by atomic mass is 79.9. The molecule has 2 rings (SSSR count). The van der Waals surface area contributed by atoms with Gasteiger partial charge in [-0.1, -0.05) is 34.1 Å². The number of rotatable bonds is 3. The van der Waals surface area contributed by atoms with Crippen LogP contribution in [0.3, 0.4) is 0 Å². The molecule has 0 unspecified atom stereocenters. The first-order chi connectivity index (χ1) is 13.2. The molecule has 0 aliphatic rings. The van der Waals surface area contributed by atoms with E-state index in [2.05, 4.69) is 15.9 Å². The Bertz CT molecular complexity index is 912. The standard InChI is InChI=1S/C22H27BrN2O4/c1-21(2,3)24(19(26)27)17-12-9-15(14-7-10-16(23)11-8-14)13-18(17)25(20(28)29)22(4,5)6/h7-13H,1-6H3,(H,26,27)(H,28,29). The maximum Gasteiger partial charge on any atom is 0.412 e. The van der Waals surface area contributed by atoms with Gasteiger partial charge in [-0.25, -0.2) is 9.59 Å². The van der Waals surface area contributed by atoms with Crippen LogP contribution in [0.2, 0.25) is 0 Å². The Labute approximate surface area is 179 Å². The summed E-state index contributed by atoms with van der Waals surface area (Å²) in [7, 11) is 0. The molecule has 0 saturated heterocycles. The summed E-state index contributed by atoms with van der Waals surface area (Å²) in [4.78, 5) is 26.7. The number of benzene rings is 2. The van der Waals surface area contributed by atoms with E-state index < -0.39 is 23.3 Å². The van der Waals surface area contributed by atoms with Crippen LogP contribution in [0.4, 0.5) is 21.0 Å². The number of hydrogen-bond acceptors (Lipinski definition) is 2. The van der Waals surface area contributed by atoms with E-state index >= 15 is 0 Å². The largest absolute Gasteiger partial charge is 0.465 e. The van der Waals surface area contributed by atoms with E-state index in [0.29, 0.717) is 11.4 Å². The zero-order valence-corrected chi connectivity index (χ0v) is 19.1. The van der Waals surface area contributed by atoms with Crippen LogP contribution >= 0.6 is 15.9 Å². The van der Waals surface area contributed by atoms with Gasteiger partial charge < -0.3 is 10.2 Å². The van der Waals surface area contributed by atoms with Crippen molar-refractivity contribution in [3.63, 3.8) is 0 Å². The highest BCUT2D eigenvalue weighted by molar-refractivity contribution is 9.10. The van der Waals surface area contributed by atoms with Crippen molar-refractivity contribution < 1.29 is 19.8 Å². The summed E-state index contributed by atoms with van der Waals surface area (Å²) in [5.74, 6) is 0. The zero-order valence-electron chi connectivity index (χ0n) is 17.5. The minimum absolute atomic E-state index is 0.322. The molecule has 0 bridgehead atoms. The van der Waals surface area contributed by atoms with Crippen molar-refractivity contribution in [2.24, 2.45) is 0 Å². The molecular weight excluding hydrogens is 436 g/mol. The van der Waals surface area contributed by atoms with E-state index in [1.54, 1.807) is 53.7 Å². The van der Waals surface area contributed by atoms with Crippen LogP contribution < -0.4 is 9.80 Å². The molecule has 2 aromatic carbocycles. The summed E-state index contributed by atoms with van der Waals surface area (Å²) >= 11 is 3.41. The average Bonchev–Trinajstić information content (AvgIpc) is 2.53. The lowest BCUT2D eigenvalue weighted by atomic mass is 9.98. The Morgan fingerprint density at radius 3 is 1.55 bits per heavy atom. The molecule has 0 radical (unpaired) electrons. The summed E-state index contributed by atoms with van der Waals surface area (Å²) in [5, 5.41) is 19.8. The van der Waals surface area contributed by atoms with E-state index in [1.165, 1.54) is 9.80 Å². The number of halogens is 1. The van der Waals surface area contributed by atoms with Gasteiger partial charge in [-0.2, -0.15) is 0 Å². The molecule has 0 heterocycles. The fourth-order valence-electron chi connectivity index (χ4n) is 3.22. The van der Waals surface area contributed by atoms with Gasteiger partial charge in [0.15, 0.2) is 0 Å². The molecule has 0 aliphatic carbocycles. The first-order valence-corrected chi connectivity index (χ1v) is 9.99. The number of hydrogen-bond donors (Lipinski definition) is 2. The van der Waals surface area contributed by atoms with Gasteiger partial charge in [-0.05, 0) is 76.9 Å². The third kappa shape index (κ3) is 5.09. The van der Waals surface area contributed by atoms with E-state index in [-0.39, 0.29) is 0 Å². The summed E-state index contributed by atoms with van der Waals surface area (Å²) in [6.45, 7) is 10.7. The smallest absolute Gasteiger partial charge is 0.412 e. The Hall–Kier alpha value is -2.54. The van der Waals surface area contributed by atoms with E-state index in [9.17, 15) is 19.8 Å². The molecule has 0 atom stereocenters. The van der Waals surface area contributed by atoms with Crippen molar-refractivity contribution >= 4 is 39.5 Å². The molecule has 7 heteroatoms. The molecule has 29 heavy (non-hydrogen) atoms. The Balaban J connectivity index is 2.81. The third-order valence-corrected chi connectivity index (χ3v) is 4.89. The molecule has 6 nitrogen and oxygen atoms in total. The Kier molecular flexibility index (Phi) is 6.33. The molecule has 0 fully saturated rings. The Morgan fingerprint density at radius 2 is 1.14 bits per heavy atom. The number of amides is 2. The first-order valence-electron chi connectivity index (χ1n) is 9.20. The predicted molar refractivity (Wildman–Crippen MR) is 120 cm³/mol. The third-order valence-electron chi connectivity index (χ3n) is 4.36. The van der Waals surface area contributed by atoms with Crippen LogP contribution in [-0.2, 0) is 0 Å². The van der Waals surface area contributed by atoms with Gasteiger partial charge in [0.1, 0.15) is 0 Å². The fourth-order valence-corrected chi connectivity index (χ4v) is 3.48. The lowest BCUT2D eigenvalue weighted by molar-refractivity contribution is 0.193. The van der Waals surface area contributed by atoms with Gasteiger partial charge in [0.2, 0.25) is 0 Å². The number of carbonyl (C=O) groups is 2. The maximum absolute atomic E-state index is 12.2. The quantitative estimate of drug-likeness (QED) is 0.532. The highest BCUT2D eigenvalue weighted by Crippen LogP contribution is 2.40. The van der Waals surface area contributed by atoms with Crippen LogP contribution in [0.25, 0.3) is 11.1 Å². The van der Waals surface area contributed by atoms with E-state index in [4.69, 9.17) is 0 Å². The Morgan fingerprint density at radius 1 is 0.724 bits per heavy atom. The highest BCUT2D eigenvalue weighted by Gasteiger charge is 2.36. The van der Waals surface area contributed by atoms with E-state index in [0.717, 1.165) is 15.6 Å². The van der Waals surface area contributed by atoms with Crippen molar-refractivity contribution in [1.29, 1.82) is 0 Å². The second-order valence-corrected chi connectivity index (χ2v) is 9.70. The number of carboxylic acid groups (broad SMARTS) is 2.